The Labute approximate surface area is 145 Å². The number of carbonyl (C=O) groups is 1. The number of nitrogens with zero attached hydrogens (tertiary/aromatic N) is 2. The summed E-state index contributed by atoms with van der Waals surface area (Å²) < 4.78 is 8.25. The van der Waals surface area contributed by atoms with Crippen LogP contribution in [0.1, 0.15) is 40.3 Å². The first-order valence-electron chi connectivity index (χ1n) is 7.84. The van der Waals surface area contributed by atoms with Crippen molar-refractivity contribution in [3.8, 4) is 0 Å². The van der Waals surface area contributed by atoms with E-state index in [1.54, 1.807) is 0 Å². The van der Waals surface area contributed by atoms with E-state index in [4.69, 9.17) is 4.74 Å². The summed E-state index contributed by atoms with van der Waals surface area (Å²) in [5.74, 6) is 0. The van der Waals surface area contributed by atoms with Gasteiger partial charge in [-0.1, -0.05) is 22.9 Å². The van der Waals surface area contributed by atoms with Crippen LogP contribution in [0.2, 0.25) is 0 Å². The molecule has 0 bridgehead atoms. The van der Waals surface area contributed by atoms with Crippen LogP contribution in [0.3, 0.4) is 0 Å². The Hall–Kier alpha value is -1.56. The summed E-state index contributed by atoms with van der Waals surface area (Å²) >= 11 is 3.51. The Balaban J connectivity index is 2.15. The normalized spacial score (nSPS) is 13.1. The average molecular weight is 382 g/mol. The van der Waals surface area contributed by atoms with Crippen LogP contribution < -0.4 is 5.32 Å². The molecule has 0 saturated carbocycles. The van der Waals surface area contributed by atoms with Crippen molar-refractivity contribution in [2.24, 2.45) is 0 Å². The second-order valence-corrected chi connectivity index (χ2v) is 7.61. The van der Waals surface area contributed by atoms with E-state index in [1.165, 1.54) is 0 Å². The summed E-state index contributed by atoms with van der Waals surface area (Å²) in [5, 5.41) is 8.69. The molecule has 0 aliphatic carbocycles. The van der Waals surface area contributed by atoms with Crippen LogP contribution in [0.4, 0.5) is 4.79 Å². The average Bonchev–Trinajstić information content (AvgIpc) is 2.73. The minimum absolute atomic E-state index is 0.0864. The molecule has 5 nitrogen and oxygen atoms in total. The van der Waals surface area contributed by atoms with Crippen LogP contribution in [0.5, 0.6) is 0 Å². The number of fused-ring (bicyclic) bond motifs is 1. The van der Waals surface area contributed by atoms with Crippen LogP contribution in [0.25, 0.3) is 10.9 Å². The summed E-state index contributed by atoms with van der Waals surface area (Å²) in [6.45, 7) is 10.2. The van der Waals surface area contributed by atoms with Crippen molar-refractivity contribution in [1.82, 2.24) is 15.1 Å². The quantitative estimate of drug-likeness (QED) is 0.859. The van der Waals surface area contributed by atoms with Gasteiger partial charge in [0, 0.05) is 15.9 Å². The first kappa shape index (κ1) is 17.8. The van der Waals surface area contributed by atoms with E-state index in [1.807, 2.05) is 38.4 Å². The van der Waals surface area contributed by atoms with Gasteiger partial charge in [0.05, 0.1) is 17.8 Å². The lowest BCUT2D eigenvalue weighted by atomic mass is 10.2. The van der Waals surface area contributed by atoms with Crippen LogP contribution in [0, 0.1) is 0 Å². The molecule has 1 aromatic heterocycles. The number of hydrogen-bond donors (Lipinski definition) is 1. The lowest BCUT2D eigenvalue weighted by Crippen LogP contribution is -2.39. The Bertz CT molecular complexity index is 704. The van der Waals surface area contributed by atoms with Crippen molar-refractivity contribution in [2.75, 3.05) is 0 Å². The van der Waals surface area contributed by atoms with Crippen LogP contribution in [-0.4, -0.2) is 27.5 Å². The molecule has 1 aromatic carbocycles. The molecule has 2 rings (SSSR count). The lowest BCUT2D eigenvalue weighted by molar-refractivity contribution is 0.0504. The van der Waals surface area contributed by atoms with Gasteiger partial charge in [0.2, 0.25) is 0 Å². The van der Waals surface area contributed by atoms with Crippen molar-refractivity contribution < 1.29 is 9.53 Å². The fourth-order valence-corrected chi connectivity index (χ4v) is 2.78. The number of aryl methyl sites for hydroxylation is 1. The van der Waals surface area contributed by atoms with Crippen molar-refractivity contribution in [1.29, 1.82) is 0 Å². The SMILES string of the molecule is CCc1nn(C[C@H](C)NC(=O)OC(C)(C)C)c2cc(Br)ccc12. The summed E-state index contributed by atoms with van der Waals surface area (Å²) in [6, 6.07) is 6.07. The molecule has 1 heterocycles. The summed E-state index contributed by atoms with van der Waals surface area (Å²) in [5.41, 5.74) is 1.63. The maximum absolute atomic E-state index is 11.9. The fourth-order valence-electron chi connectivity index (χ4n) is 2.43. The standard InChI is InChI=1S/C17H24BrN3O2/c1-6-14-13-8-7-12(18)9-15(13)21(20-14)10-11(2)19-16(22)23-17(3,4)5/h7-9,11H,6,10H2,1-5H3,(H,19,22)/t11-/m0/s1. The molecule has 126 valence electrons. The smallest absolute Gasteiger partial charge is 0.407 e. The van der Waals surface area contributed by atoms with Gasteiger partial charge in [0.25, 0.3) is 0 Å². The maximum Gasteiger partial charge on any atom is 0.407 e. The number of halogens is 1. The molecule has 0 unspecified atom stereocenters. The number of carbonyl (C=O) groups excluding carboxylic acids is 1. The maximum atomic E-state index is 11.9. The molecule has 0 aliphatic heterocycles. The van der Waals surface area contributed by atoms with Gasteiger partial charge in [-0.3, -0.25) is 4.68 Å². The van der Waals surface area contributed by atoms with Gasteiger partial charge in [-0.25, -0.2) is 4.79 Å². The number of alkyl carbamates (subject to hydrolysis) is 1. The van der Waals surface area contributed by atoms with E-state index in [9.17, 15) is 4.79 Å². The Kier molecular flexibility index (Phi) is 5.34. The van der Waals surface area contributed by atoms with Crippen LogP contribution in [-0.2, 0) is 17.7 Å². The van der Waals surface area contributed by atoms with E-state index in [0.29, 0.717) is 6.54 Å². The van der Waals surface area contributed by atoms with Gasteiger partial charge in [-0.05, 0) is 52.3 Å². The van der Waals surface area contributed by atoms with E-state index in [-0.39, 0.29) is 6.04 Å². The molecular weight excluding hydrogens is 358 g/mol. The predicted octanol–water partition coefficient (Wildman–Crippen LogP) is 4.27. The number of nitrogens with one attached hydrogen (secondary N) is 1. The van der Waals surface area contributed by atoms with E-state index < -0.39 is 11.7 Å². The van der Waals surface area contributed by atoms with Crippen molar-refractivity contribution in [3.63, 3.8) is 0 Å². The molecule has 6 heteroatoms. The summed E-state index contributed by atoms with van der Waals surface area (Å²) in [6.07, 6.45) is 0.470. The largest absolute Gasteiger partial charge is 0.444 e. The van der Waals surface area contributed by atoms with Crippen molar-refractivity contribution in [2.45, 2.75) is 59.2 Å². The first-order chi connectivity index (χ1) is 10.7. The molecule has 0 saturated heterocycles. The van der Waals surface area contributed by atoms with Gasteiger partial charge < -0.3 is 10.1 Å². The third-order valence-electron chi connectivity index (χ3n) is 3.34. The number of hydrogen-bond acceptors (Lipinski definition) is 3. The summed E-state index contributed by atoms with van der Waals surface area (Å²) in [7, 11) is 0. The zero-order valence-electron chi connectivity index (χ0n) is 14.3. The number of benzene rings is 1. The Morgan fingerprint density at radius 1 is 1.43 bits per heavy atom. The fraction of sp³-hybridized carbons (Fsp3) is 0.529. The van der Waals surface area contributed by atoms with Crippen molar-refractivity contribution >= 4 is 32.9 Å². The minimum atomic E-state index is -0.498. The lowest BCUT2D eigenvalue weighted by Gasteiger charge is -2.22. The molecule has 0 aliphatic rings. The third-order valence-corrected chi connectivity index (χ3v) is 3.83. The molecule has 1 atom stereocenters. The number of rotatable bonds is 4. The number of amides is 1. The zero-order chi connectivity index (χ0) is 17.2. The van der Waals surface area contributed by atoms with Crippen molar-refractivity contribution in [3.05, 3.63) is 28.4 Å². The zero-order valence-corrected chi connectivity index (χ0v) is 15.9. The molecule has 0 fully saturated rings. The van der Waals surface area contributed by atoms with Gasteiger partial charge in [0.1, 0.15) is 5.60 Å². The van der Waals surface area contributed by atoms with Gasteiger partial charge in [0.15, 0.2) is 0 Å². The number of aromatic nitrogens is 2. The molecule has 0 radical (unpaired) electrons. The molecule has 0 spiro atoms. The molecule has 1 N–H and O–H groups in total. The highest BCUT2D eigenvalue weighted by molar-refractivity contribution is 9.10. The monoisotopic (exact) mass is 381 g/mol. The second-order valence-electron chi connectivity index (χ2n) is 6.69. The first-order valence-corrected chi connectivity index (χ1v) is 8.63. The topological polar surface area (TPSA) is 56.2 Å². The van der Waals surface area contributed by atoms with Crippen LogP contribution >= 0.6 is 15.9 Å². The minimum Gasteiger partial charge on any atom is -0.444 e. The van der Waals surface area contributed by atoms with Gasteiger partial charge >= 0.3 is 6.09 Å². The van der Waals surface area contributed by atoms with Gasteiger partial charge in [-0.15, -0.1) is 0 Å². The highest BCUT2D eigenvalue weighted by Gasteiger charge is 2.19. The second kappa shape index (κ2) is 6.91. The number of ether oxygens (including phenoxy) is 1. The van der Waals surface area contributed by atoms with E-state index in [2.05, 4.69) is 45.4 Å². The highest BCUT2D eigenvalue weighted by Crippen LogP contribution is 2.23. The van der Waals surface area contributed by atoms with Crippen LogP contribution in [0.15, 0.2) is 22.7 Å². The summed E-state index contributed by atoms with van der Waals surface area (Å²) in [4.78, 5) is 11.9. The van der Waals surface area contributed by atoms with E-state index in [0.717, 1.165) is 27.5 Å². The Morgan fingerprint density at radius 2 is 2.13 bits per heavy atom. The molecule has 1 amide bonds. The van der Waals surface area contributed by atoms with Gasteiger partial charge in [-0.2, -0.15) is 5.10 Å². The molecule has 2 aromatic rings. The van der Waals surface area contributed by atoms with E-state index >= 15 is 0 Å². The predicted molar refractivity (Wildman–Crippen MR) is 95.6 cm³/mol. The third kappa shape index (κ3) is 4.70. The molecule has 23 heavy (non-hydrogen) atoms. The highest BCUT2D eigenvalue weighted by atomic mass is 79.9. The molecular formula is C17H24BrN3O2. The Morgan fingerprint density at radius 3 is 2.74 bits per heavy atom.